The Kier molecular flexibility index (Phi) is 5.28. The van der Waals surface area contributed by atoms with Crippen LogP contribution in [0.4, 0.5) is 0 Å². The van der Waals surface area contributed by atoms with Crippen LogP contribution in [-0.4, -0.2) is 17.1 Å². The maximum Gasteiger partial charge on any atom is 0.283 e. The van der Waals surface area contributed by atoms with E-state index in [1.807, 2.05) is 67.6 Å². The van der Waals surface area contributed by atoms with Crippen molar-refractivity contribution in [2.45, 2.75) is 26.2 Å². The Balaban J connectivity index is 1.72. The average molecular weight is 363 g/mol. The number of hydrogen-bond acceptors (Lipinski definition) is 4. The van der Waals surface area contributed by atoms with E-state index in [1.165, 1.54) is 11.3 Å². The van der Waals surface area contributed by atoms with Gasteiger partial charge in [0, 0.05) is 17.2 Å². The second kappa shape index (κ2) is 7.62. The number of aromatic nitrogens is 1. The summed E-state index contributed by atoms with van der Waals surface area (Å²) < 4.78 is 0. The van der Waals surface area contributed by atoms with Crippen LogP contribution < -0.4 is 5.43 Å². The summed E-state index contributed by atoms with van der Waals surface area (Å²) in [6, 6.07) is 19.9. The second-order valence-electron chi connectivity index (χ2n) is 6.59. The molecule has 1 heterocycles. The normalized spacial score (nSPS) is 11.7. The molecule has 0 radical (unpaired) electrons. The van der Waals surface area contributed by atoms with Crippen LogP contribution in [0.15, 0.2) is 65.8 Å². The van der Waals surface area contributed by atoms with Crippen molar-refractivity contribution in [3.8, 4) is 10.6 Å². The molecule has 0 aliphatic carbocycles. The molecule has 0 atom stereocenters. The number of carbonyl (C=O) groups is 1. The van der Waals surface area contributed by atoms with Gasteiger partial charge in [-0.2, -0.15) is 5.10 Å². The monoisotopic (exact) mass is 363 g/mol. The van der Waals surface area contributed by atoms with Crippen LogP contribution in [0.5, 0.6) is 0 Å². The van der Waals surface area contributed by atoms with Gasteiger partial charge in [-0.3, -0.25) is 4.79 Å². The Bertz CT molecular complexity index is 915. The Labute approximate surface area is 157 Å². The minimum atomic E-state index is -0.271. The molecule has 3 aromatic rings. The standard InChI is InChI=1S/C21H21N3OS/c1-15-18(26-20(23-15)16-10-6-4-7-11-16)19(25)24-22-14-21(2,3)17-12-8-5-9-13-17/h4-14H,1-3H3,(H,24,25). The molecular formula is C21H21N3OS. The number of amides is 1. The van der Waals surface area contributed by atoms with E-state index in [2.05, 4.69) is 29.4 Å². The van der Waals surface area contributed by atoms with Crippen LogP contribution in [0.3, 0.4) is 0 Å². The van der Waals surface area contributed by atoms with E-state index in [4.69, 9.17) is 0 Å². The van der Waals surface area contributed by atoms with Crippen LogP contribution in [0, 0.1) is 6.92 Å². The molecule has 1 aromatic heterocycles. The lowest BCUT2D eigenvalue weighted by atomic mass is 9.86. The molecule has 0 unspecified atom stereocenters. The number of hydrazone groups is 1. The maximum absolute atomic E-state index is 12.5. The predicted molar refractivity (Wildman–Crippen MR) is 108 cm³/mol. The van der Waals surface area contributed by atoms with Gasteiger partial charge in [-0.25, -0.2) is 10.4 Å². The number of rotatable bonds is 5. The quantitative estimate of drug-likeness (QED) is 0.522. The summed E-state index contributed by atoms with van der Waals surface area (Å²) in [5, 5.41) is 5.01. The molecule has 132 valence electrons. The predicted octanol–water partition coefficient (Wildman–Crippen LogP) is 4.81. The van der Waals surface area contributed by atoms with E-state index in [0.717, 1.165) is 16.1 Å². The third-order valence-corrected chi connectivity index (χ3v) is 5.30. The van der Waals surface area contributed by atoms with E-state index >= 15 is 0 Å². The van der Waals surface area contributed by atoms with Crippen molar-refractivity contribution in [1.29, 1.82) is 0 Å². The van der Waals surface area contributed by atoms with Gasteiger partial charge in [-0.15, -0.1) is 11.3 Å². The summed E-state index contributed by atoms with van der Waals surface area (Å²) in [6.45, 7) is 5.96. The molecule has 26 heavy (non-hydrogen) atoms. The molecule has 3 rings (SSSR count). The van der Waals surface area contributed by atoms with Crippen LogP contribution in [-0.2, 0) is 5.41 Å². The number of nitrogens with one attached hydrogen (secondary N) is 1. The van der Waals surface area contributed by atoms with Crippen molar-refractivity contribution in [2.24, 2.45) is 5.10 Å². The summed E-state index contributed by atoms with van der Waals surface area (Å²) in [7, 11) is 0. The number of hydrogen-bond donors (Lipinski definition) is 1. The second-order valence-corrected chi connectivity index (χ2v) is 7.59. The summed E-state index contributed by atoms with van der Waals surface area (Å²) in [6.07, 6.45) is 1.76. The van der Waals surface area contributed by atoms with Crippen molar-refractivity contribution in [1.82, 2.24) is 10.4 Å². The summed E-state index contributed by atoms with van der Waals surface area (Å²) >= 11 is 1.38. The first-order chi connectivity index (χ1) is 12.5. The van der Waals surface area contributed by atoms with Gasteiger partial charge in [0.2, 0.25) is 0 Å². The first-order valence-electron chi connectivity index (χ1n) is 8.40. The number of aryl methyl sites for hydroxylation is 1. The van der Waals surface area contributed by atoms with E-state index in [1.54, 1.807) is 6.21 Å². The molecule has 2 aromatic carbocycles. The third kappa shape index (κ3) is 4.06. The van der Waals surface area contributed by atoms with Crippen molar-refractivity contribution in [2.75, 3.05) is 0 Å². The first-order valence-corrected chi connectivity index (χ1v) is 9.22. The number of carbonyl (C=O) groups excluding carboxylic acids is 1. The van der Waals surface area contributed by atoms with Crippen LogP contribution in [0.1, 0.15) is 34.8 Å². The van der Waals surface area contributed by atoms with E-state index in [9.17, 15) is 4.79 Å². The fourth-order valence-electron chi connectivity index (χ4n) is 2.56. The minimum absolute atomic E-state index is 0.234. The molecule has 1 N–H and O–H groups in total. The SMILES string of the molecule is Cc1nc(-c2ccccc2)sc1C(=O)NN=CC(C)(C)c1ccccc1. The largest absolute Gasteiger partial charge is 0.283 e. The topological polar surface area (TPSA) is 54.4 Å². The molecule has 0 aliphatic heterocycles. The molecule has 4 nitrogen and oxygen atoms in total. The van der Waals surface area contributed by atoms with Gasteiger partial charge in [0.05, 0.1) is 5.69 Å². The zero-order valence-electron chi connectivity index (χ0n) is 15.1. The average Bonchev–Trinajstić information content (AvgIpc) is 3.05. The lowest BCUT2D eigenvalue weighted by molar-refractivity contribution is 0.0958. The van der Waals surface area contributed by atoms with Crippen molar-refractivity contribution >= 4 is 23.5 Å². The molecule has 5 heteroatoms. The van der Waals surface area contributed by atoms with Gasteiger partial charge in [-0.05, 0) is 12.5 Å². The summed E-state index contributed by atoms with van der Waals surface area (Å²) in [5.41, 5.74) is 5.22. The van der Waals surface area contributed by atoms with Crippen LogP contribution >= 0.6 is 11.3 Å². The zero-order valence-corrected chi connectivity index (χ0v) is 15.9. The smallest absolute Gasteiger partial charge is 0.266 e. The molecule has 1 amide bonds. The lowest BCUT2D eigenvalue weighted by Gasteiger charge is -2.19. The molecule has 0 fully saturated rings. The third-order valence-electron chi connectivity index (χ3n) is 4.09. The van der Waals surface area contributed by atoms with Crippen LogP contribution in [0.2, 0.25) is 0 Å². The molecule has 0 spiro atoms. The molecule has 0 aliphatic rings. The Morgan fingerprint density at radius 2 is 1.69 bits per heavy atom. The number of thiazole rings is 1. The lowest BCUT2D eigenvalue weighted by Crippen LogP contribution is -2.23. The van der Waals surface area contributed by atoms with Gasteiger partial charge >= 0.3 is 0 Å². The molecule has 0 saturated carbocycles. The van der Waals surface area contributed by atoms with E-state index in [-0.39, 0.29) is 11.3 Å². The zero-order chi connectivity index (χ0) is 18.6. The van der Waals surface area contributed by atoms with Crippen LogP contribution in [0.25, 0.3) is 10.6 Å². The van der Waals surface area contributed by atoms with Gasteiger partial charge in [0.15, 0.2) is 0 Å². The highest BCUT2D eigenvalue weighted by molar-refractivity contribution is 7.17. The highest BCUT2D eigenvalue weighted by Gasteiger charge is 2.19. The fourth-order valence-corrected chi connectivity index (χ4v) is 3.52. The Morgan fingerprint density at radius 3 is 2.35 bits per heavy atom. The van der Waals surface area contributed by atoms with E-state index in [0.29, 0.717) is 10.6 Å². The minimum Gasteiger partial charge on any atom is -0.266 e. The number of nitrogens with zero attached hydrogens (tertiary/aromatic N) is 2. The Hall–Kier alpha value is -2.79. The van der Waals surface area contributed by atoms with Crippen molar-refractivity contribution in [3.63, 3.8) is 0 Å². The highest BCUT2D eigenvalue weighted by Crippen LogP contribution is 2.27. The molecule has 0 saturated heterocycles. The van der Waals surface area contributed by atoms with Gasteiger partial charge in [0.25, 0.3) is 5.91 Å². The van der Waals surface area contributed by atoms with Crippen molar-refractivity contribution < 1.29 is 4.79 Å². The van der Waals surface area contributed by atoms with Gasteiger partial charge < -0.3 is 0 Å². The van der Waals surface area contributed by atoms with Gasteiger partial charge in [-0.1, -0.05) is 74.5 Å². The first kappa shape index (κ1) is 18.0. The summed E-state index contributed by atoms with van der Waals surface area (Å²) in [4.78, 5) is 17.6. The molecular weight excluding hydrogens is 342 g/mol. The van der Waals surface area contributed by atoms with Crippen molar-refractivity contribution in [3.05, 3.63) is 76.8 Å². The maximum atomic E-state index is 12.5. The van der Waals surface area contributed by atoms with E-state index < -0.39 is 0 Å². The fraction of sp³-hybridized carbons (Fsp3) is 0.190. The summed E-state index contributed by atoms with van der Waals surface area (Å²) in [5.74, 6) is -0.234. The highest BCUT2D eigenvalue weighted by atomic mass is 32.1. The van der Waals surface area contributed by atoms with Gasteiger partial charge in [0.1, 0.15) is 9.88 Å². The Morgan fingerprint density at radius 1 is 1.08 bits per heavy atom. The molecule has 0 bridgehead atoms. The number of benzene rings is 2.